The van der Waals surface area contributed by atoms with Crippen LogP contribution in [0.3, 0.4) is 0 Å². The van der Waals surface area contributed by atoms with E-state index in [2.05, 4.69) is 0 Å². The predicted molar refractivity (Wildman–Crippen MR) is 76.8 cm³/mol. The number of amides is 1. The Morgan fingerprint density at radius 3 is 2.37 bits per heavy atom. The molecule has 0 aliphatic carbocycles. The number of aryl methyl sites for hydroxylation is 1. The van der Waals surface area contributed by atoms with Gasteiger partial charge in [-0.25, -0.2) is 0 Å². The summed E-state index contributed by atoms with van der Waals surface area (Å²) in [4.78, 5) is 13.1. The van der Waals surface area contributed by atoms with Gasteiger partial charge in [-0.3, -0.25) is 4.79 Å². The van der Waals surface area contributed by atoms with Crippen LogP contribution in [0, 0.1) is 6.92 Å². The summed E-state index contributed by atoms with van der Waals surface area (Å²) in [5.41, 5.74) is 1.77. The van der Waals surface area contributed by atoms with Gasteiger partial charge in [-0.1, -0.05) is 30.3 Å². The molecule has 0 aromatic heterocycles. The molecule has 3 heteroatoms. The summed E-state index contributed by atoms with van der Waals surface area (Å²) in [6.45, 7) is 3.50. The fourth-order valence-corrected chi connectivity index (χ4v) is 1.81. The van der Waals surface area contributed by atoms with Crippen LogP contribution in [0.25, 0.3) is 0 Å². The van der Waals surface area contributed by atoms with E-state index in [0.29, 0.717) is 5.75 Å². The van der Waals surface area contributed by atoms with E-state index in [9.17, 15) is 4.79 Å². The van der Waals surface area contributed by atoms with E-state index in [4.69, 9.17) is 4.74 Å². The van der Waals surface area contributed by atoms with Crippen LogP contribution in [0.2, 0.25) is 0 Å². The highest BCUT2D eigenvalue weighted by atomic mass is 16.5. The largest absolute Gasteiger partial charge is 0.455 e. The zero-order chi connectivity index (χ0) is 13.8. The first kappa shape index (κ1) is 13.1. The summed E-state index contributed by atoms with van der Waals surface area (Å²) >= 11 is 0. The summed E-state index contributed by atoms with van der Waals surface area (Å²) in [5, 5.41) is 0. The molecule has 0 saturated carbocycles. The van der Waals surface area contributed by atoms with Crippen LogP contribution in [0.15, 0.2) is 48.5 Å². The van der Waals surface area contributed by atoms with Gasteiger partial charge in [0.05, 0.1) is 5.69 Å². The van der Waals surface area contributed by atoms with E-state index in [-0.39, 0.29) is 5.91 Å². The van der Waals surface area contributed by atoms with E-state index < -0.39 is 0 Å². The molecule has 0 spiro atoms. The molecule has 0 N–H and O–H groups in total. The molecule has 0 aliphatic heterocycles. The lowest BCUT2D eigenvalue weighted by Crippen LogP contribution is -2.23. The molecule has 0 bridgehead atoms. The van der Waals surface area contributed by atoms with Gasteiger partial charge >= 0.3 is 0 Å². The summed E-state index contributed by atoms with van der Waals surface area (Å²) in [7, 11) is 1.74. The molecule has 19 heavy (non-hydrogen) atoms. The van der Waals surface area contributed by atoms with Gasteiger partial charge in [0.2, 0.25) is 5.91 Å². The monoisotopic (exact) mass is 255 g/mol. The number of hydrogen-bond donors (Lipinski definition) is 0. The Bertz CT molecular complexity index is 579. The summed E-state index contributed by atoms with van der Waals surface area (Å²) in [6.07, 6.45) is 0. The molecule has 3 nitrogen and oxygen atoms in total. The third-order valence-electron chi connectivity index (χ3n) is 2.99. The van der Waals surface area contributed by atoms with Crippen molar-refractivity contribution in [3.63, 3.8) is 0 Å². The number of hydrogen-bond acceptors (Lipinski definition) is 2. The molecule has 2 aromatic carbocycles. The topological polar surface area (TPSA) is 29.5 Å². The van der Waals surface area contributed by atoms with Gasteiger partial charge in [-0.05, 0) is 30.7 Å². The lowest BCUT2D eigenvalue weighted by Gasteiger charge is -2.20. The number of para-hydroxylation sites is 2. The van der Waals surface area contributed by atoms with Crippen LogP contribution < -0.4 is 9.64 Å². The molecule has 2 rings (SSSR count). The summed E-state index contributed by atoms with van der Waals surface area (Å²) in [5.74, 6) is 1.45. The second kappa shape index (κ2) is 5.57. The van der Waals surface area contributed by atoms with Crippen molar-refractivity contribution in [3.8, 4) is 11.5 Å². The molecular weight excluding hydrogens is 238 g/mol. The van der Waals surface area contributed by atoms with Crippen molar-refractivity contribution in [1.82, 2.24) is 0 Å². The highest BCUT2D eigenvalue weighted by Crippen LogP contribution is 2.34. The van der Waals surface area contributed by atoms with Crippen molar-refractivity contribution in [3.05, 3.63) is 54.1 Å². The Morgan fingerprint density at radius 1 is 1.05 bits per heavy atom. The zero-order valence-electron chi connectivity index (χ0n) is 11.4. The number of benzene rings is 2. The van der Waals surface area contributed by atoms with Gasteiger partial charge < -0.3 is 9.64 Å². The molecule has 0 atom stereocenters. The van der Waals surface area contributed by atoms with E-state index in [0.717, 1.165) is 17.0 Å². The molecule has 0 radical (unpaired) electrons. The van der Waals surface area contributed by atoms with Crippen LogP contribution in [0.1, 0.15) is 12.5 Å². The SMILES string of the molecule is CC(=O)N(C)c1cccc(C)c1Oc1ccccc1. The first-order chi connectivity index (χ1) is 9.09. The van der Waals surface area contributed by atoms with Gasteiger partial charge in [-0.2, -0.15) is 0 Å². The van der Waals surface area contributed by atoms with Crippen LogP contribution in [-0.2, 0) is 4.79 Å². The standard InChI is InChI=1S/C16H17NO2/c1-12-8-7-11-15(17(3)13(2)18)16(12)19-14-9-5-4-6-10-14/h4-11H,1-3H3. The minimum absolute atomic E-state index is 0.0245. The van der Waals surface area contributed by atoms with Crippen LogP contribution in [0.5, 0.6) is 11.5 Å². The molecule has 0 fully saturated rings. The number of carbonyl (C=O) groups is 1. The number of anilines is 1. The third kappa shape index (κ3) is 2.94. The zero-order valence-corrected chi connectivity index (χ0v) is 11.4. The van der Waals surface area contributed by atoms with E-state index in [1.807, 2.05) is 55.5 Å². The van der Waals surface area contributed by atoms with Crippen molar-refractivity contribution in [2.75, 3.05) is 11.9 Å². The van der Waals surface area contributed by atoms with Gasteiger partial charge in [0.1, 0.15) is 5.75 Å². The Labute approximate surface area is 113 Å². The van der Waals surface area contributed by atoms with Crippen LogP contribution in [-0.4, -0.2) is 13.0 Å². The minimum atomic E-state index is -0.0245. The van der Waals surface area contributed by atoms with Gasteiger partial charge in [0.15, 0.2) is 5.75 Å². The lowest BCUT2D eigenvalue weighted by molar-refractivity contribution is -0.116. The molecule has 0 aliphatic rings. The molecule has 0 heterocycles. The maximum atomic E-state index is 11.5. The van der Waals surface area contributed by atoms with Gasteiger partial charge in [0.25, 0.3) is 0 Å². The van der Waals surface area contributed by atoms with Crippen molar-refractivity contribution < 1.29 is 9.53 Å². The van der Waals surface area contributed by atoms with E-state index >= 15 is 0 Å². The summed E-state index contributed by atoms with van der Waals surface area (Å²) < 4.78 is 5.92. The number of rotatable bonds is 3. The highest BCUT2D eigenvalue weighted by molar-refractivity contribution is 5.92. The number of nitrogens with zero attached hydrogens (tertiary/aromatic N) is 1. The molecule has 2 aromatic rings. The van der Waals surface area contributed by atoms with Crippen molar-refractivity contribution >= 4 is 11.6 Å². The molecular formula is C16H17NO2. The van der Waals surface area contributed by atoms with Gasteiger partial charge in [0, 0.05) is 14.0 Å². The molecule has 0 unspecified atom stereocenters. The quantitative estimate of drug-likeness (QED) is 0.835. The van der Waals surface area contributed by atoms with Crippen molar-refractivity contribution in [2.45, 2.75) is 13.8 Å². The minimum Gasteiger partial charge on any atom is -0.455 e. The second-order valence-corrected chi connectivity index (χ2v) is 4.42. The third-order valence-corrected chi connectivity index (χ3v) is 2.99. The highest BCUT2D eigenvalue weighted by Gasteiger charge is 2.14. The Hall–Kier alpha value is -2.29. The second-order valence-electron chi connectivity index (χ2n) is 4.42. The smallest absolute Gasteiger partial charge is 0.223 e. The lowest BCUT2D eigenvalue weighted by atomic mass is 10.1. The van der Waals surface area contributed by atoms with Crippen molar-refractivity contribution in [2.24, 2.45) is 0 Å². The normalized spacial score (nSPS) is 10.1. The van der Waals surface area contributed by atoms with Gasteiger partial charge in [-0.15, -0.1) is 0 Å². The Kier molecular flexibility index (Phi) is 3.85. The number of carbonyl (C=O) groups excluding carboxylic acids is 1. The number of ether oxygens (including phenoxy) is 1. The molecule has 0 saturated heterocycles. The first-order valence-corrected chi connectivity index (χ1v) is 6.16. The average Bonchev–Trinajstić information content (AvgIpc) is 2.41. The van der Waals surface area contributed by atoms with Crippen LogP contribution >= 0.6 is 0 Å². The van der Waals surface area contributed by atoms with Crippen LogP contribution in [0.4, 0.5) is 5.69 Å². The fourth-order valence-electron chi connectivity index (χ4n) is 1.81. The maximum Gasteiger partial charge on any atom is 0.223 e. The first-order valence-electron chi connectivity index (χ1n) is 6.16. The fraction of sp³-hybridized carbons (Fsp3) is 0.188. The van der Waals surface area contributed by atoms with Crippen molar-refractivity contribution in [1.29, 1.82) is 0 Å². The van der Waals surface area contributed by atoms with E-state index in [1.165, 1.54) is 6.92 Å². The Morgan fingerprint density at radius 2 is 1.74 bits per heavy atom. The molecule has 1 amide bonds. The average molecular weight is 255 g/mol. The predicted octanol–water partition coefficient (Wildman–Crippen LogP) is 3.77. The summed E-state index contributed by atoms with van der Waals surface area (Å²) in [6, 6.07) is 15.3. The molecule has 98 valence electrons. The maximum absolute atomic E-state index is 11.5. The Balaban J connectivity index is 2.41. The van der Waals surface area contributed by atoms with E-state index in [1.54, 1.807) is 11.9 Å².